The van der Waals surface area contributed by atoms with Crippen molar-refractivity contribution in [3.05, 3.63) is 88.8 Å². The Morgan fingerprint density at radius 1 is 0.821 bits per heavy atom. The van der Waals surface area contributed by atoms with Crippen LogP contribution in [-0.4, -0.2) is 88.0 Å². The summed E-state index contributed by atoms with van der Waals surface area (Å²) in [6.07, 6.45) is -6.08. The highest BCUT2D eigenvalue weighted by Crippen LogP contribution is 2.42. The number of aliphatic hydroxyl groups is 5. The Hall–Kier alpha value is -4.28. The minimum Gasteiger partial charge on any atom is -0.394 e. The molecule has 0 amide bonds. The molecular weight excluding hydrogens is 516 g/mol. The van der Waals surface area contributed by atoms with Gasteiger partial charge >= 0.3 is 11.4 Å². The first-order valence-corrected chi connectivity index (χ1v) is 12.0. The highest BCUT2D eigenvalue weighted by molar-refractivity contribution is 5.83. The van der Waals surface area contributed by atoms with Crippen LogP contribution >= 0.6 is 0 Å². The number of aliphatic hydroxyl groups excluding tert-OH is 5. The van der Waals surface area contributed by atoms with Gasteiger partial charge in [-0.05, 0) is 18.1 Å². The molecule has 0 saturated heterocycles. The molecule has 1 aromatic carbocycles. The number of aromatic nitrogens is 5. The Bertz CT molecular complexity index is 1680. The van der Waals surface area contributed by atoms with E-state index in [1.807, 2.05) is 34.2 Å². The van der Waals surface area contributed by atoms with E-state index in [0.717, 1.165) is 16.5 Å². The van der Waals surface area contributed by atoms with Crippen molar-refractivity contribution in [2.24, 2.45) is 0 Å². The van der Waals surface area contributed by atoms with Gasteiger partial charge in [0, 0.05) is 23.6 Å². The molecule has 10 N–H and O–H groups in total. The third kappa shape index (κ3) is 4.51. The summed E-state index contributed by atoms with van der Waals surface area (Å²) in [6, 6.07) is 7.51. The molecule has 0 bridgehead atoms. The zero-order chi connectivity index (χ0) is 28.0. The molecule has 4 aromatic rings. The van der Waals surface area contributed by atoms with Crippen LogP contribution in [0.3, 0.4) is 0 Å². The fraction of sp³-hybridized carbons (Fsp3) is 0.333. The maximum Gasteiger partial charge on any atom is 0.327 e. The number of H-pyrrole nitrogens is 5. The van der Waals surface area contributed by atoms with Crippen LogP contribution < -0.4 is 27.4 Å². The molecule has 4 heterocycles. The number of aromatic amines is 5. The van der Waals surface area contributed by atoms with Crippen LogP contribution in [-0.2, 0) is 6.42 Å². The predicted octanol–water partition coefficient (Wildman–Crippen LogP) is -2.82. The van der Waals surface area contributed by atoms with Gasteiger partial charge in [-0.3, -0.25) is 29.5 Å². The van der Waals surface area contributed by atoms with Crippen molar-refractivity contribution in [2.75, 3.05) is 18.1 Å². The molecule has 0 spiro atoms. The average Bonchev–Trinajstić information content (AvgIpc) is 3.32. The minimum atomic E-state index is -2.16. The van der Waals surface area contributed by atoms with Crippen LogP contribution in [0.1, 0.15) is 22.6 Å². The number of nitrogens with zero attached hydrogens (tertiary/aromatic N) is 1. The number of nitrogens with one attached hydrogen (secondary N) is 5. The molecule has 0 radical (unpaired) electrons. The molecule has 5 rings (SSSR count). The average molecular weight is 543 g/mol. The monoisotopic (exact) mass is 542 g/mol. The molecule has 1 aliphatic rings. The van der Waals surface area contributed by atoms with Gasteiger partial charge in [0.15, 0.2) is 0 Å². The number of para-hydroxylation sites is 1. The van der Waals surface area contributed by atoms with Gasteiger partial charge < -0.3 is 35.4 Å². The van der Waals surface area contributed by atoms with E-state index in [2.05, 4.69) is 15.0 Å². The van der Waals surface area contributed by atoms with Crippen molar-refractivity contribution in [3.8, 4) is 0 Å². The molecule has 4 atom stereocenters. The van der Waals surface area contributed by atoms with Gasteiger partial charge in [-0.2, -0.15) is 0 Å². The van der Waals surface area contributed by atoms with Crippen molar-refractivity contribution in [3.63, 3.8) is 0 Å². The van der Waals surface area contributed by atoms with Crippen molar-refractivity contribution in [2.45, 2.75) is 36.8 Å². The van der Waals surface area contributed by atoms with Crippen molar-refractivity contribution in [1.29, 1.82) is 0 Å². The molecule has 0 aliphatic carbocycles. The predicted molar refractivity (Wildman–Crippen MR) is 137 cm³/mol. The smallest absolute Gasteiger partial charge is 0.327 e. The second kappa shape index (κ2) is 10.1. The number of anilines is 2. The first-order valence-electron chi connectivity index (χ1n) is 12.0. The summed E-state index contributed by atoms with van der Waals surface area (Å²) in [7, 11) is 0. The minimum absolute atomic E-state index is 0.0534. The summed E-state index contributed by atoms with van der Waals surface area (Å²) in [4.78, 5) is 64.3. The molecule has 15 heteroatoms. The molecule has 39 heavy (non-hydrogen) atoms. The Labute approximate surface area is 217 Å². The Balaban J connectivity index is 1.66. The Morgan fingerprint density at radius 2 is 1.41 bits per heavy atom. The number of fused-ring (bicyclic) bond motifs is 3. The highest BCUT2D eigenvalue weighted by Gasteiger charge is 2.45. The van der Waals surface area contributed by atoms with Crippen molar-refractivity contribution in [1.82, 2.24) is 24.9 Å². The van der Waals surface area contributed by atoms with Crippen LogP contribution in [0.15, 0.2) is 49.6 Å². The topological polar surface area (TPSA) is 252 Å². The lowest BCUT2D eigenvalue weighted by Gasteiger charge is -2.38. The van der Waals surface area contributed by atoms with E-state index < -0.39 is 59.4 Å². The quantitative estimate of drug-likeness (QED) is 0.109. The van der Waals surface area contributed by atoms with E-state index in [0.29, 0.717) is 6.42 Å². The maximum atomic E-state index is 13.1. The maximum absolute atomic E-state index is 13.1. The van der Waals surface area contributed by atoms with Gasteiger partial charge in [-0.1, -0.05) is 18.2 Å². The summed E-state index contributed by atoms with van der Waals surface area (Å²) in [5.41, 5.74) is -2.70. The van der Waals surface area contributed by atoms with Gasteiger partial charge in [0.1, 0.15) is 29.9 Å². The van der Waals surface area contributed by atoms with E-state index in [4.69, 9.17) is 5.11 Å². The van der Waals surface area contributed by atoms with Gasteiger partial charge in [-0.15, -0.1) is 0 Å². The molecule has 1 aliphatic heterocycles. The zero-order valence-corrected chi connectivity index (χ0v) is 20.2. The molecule has 206 valence electrons. The Morgan fingerprint density at radius 3 is 2.00 bits per heavy atom. The lowest BCUT2D eigenvalue weighted by Crippen LogP contribution is -2.52. The first-order chi connectivity index (χ1) is 18.6. The van der Waals surface area contributed by atoms with Crippen LogP contribution in [0.25, 0.3) is 10.9 Å². The SMILES string of the molecule is O=c1[nH]c2c(c(=O)[nH]1)C([C@H](O)[C@@H](O)[C@H](O)[C@H](O)CO)c1c([nH]c(=O)[nH]c1=O)N2CCc1c[nH]c2ccccc12. The van der Waals surface area contributed by atoms with E-state index >= 15 is 0 Å². The molecule has 0 saturated carbocycles. The first kappa shape index (κ1) is 26.3. The number of hydrogen-bond acceptors (Lipinski definition) is 10. The number of hydrogen-bond donors (Lipinski definition) is 10. The fourth-order valence-electron chi connectivity index (χ4n) is 5.10. The second-order valence-corrected chi connectivity index (χ2v) is 9.30. The largest absolute Gasteiger partial charge is 0.394 e. The number of rotatable bonds is 8. The zero-order valence-electron chi connectivity index (χ0n) is 20.2. The standard InChI is InChI=1S/C24H26N6O9/c31-8-12(32)16(33)18(35)17(34)13-14-19(26-23(38)28-21(14)36)30(20-15(13)22(37)29-24(39)27-20)6-5-9-7-25-11-4-2-1-3-10(9)11/h1-4,7,12-13,16-18,25,31-35H,5-6,8H2,(H2,26,28,36,38)(H2,27,29,37,39)/t12-,16-,17+,18+/m1/s1. The van der Waals surface area contributed by atoms with E-state index in [1.54, 1.807) is 6.20 Å². The van der Waals surface area contributed by atoms with E-state index in [9.17, 15) is 39.6 Å². The van der Waals surface area contributed by atoms with Crippen molar-refractivity contribution >= 4 is 22.5 Å². The lowest BCUT2D eigenvalue weighted by atomic mass is 9.81. The lowest BCUT2D eigenvalue weighted by molar-refractivity contribution is -0.118. The summed E-state index contributed by atoms with van der Waals surface area (Å²) < 4.78 is 0. The van der Waals surface area contributed by atoms with E-state index in [-0.39, 0.29) is 29.3 Å². The van der Waals surface area contributed by atoms with Gasteiger partial charge in [0.2, 0.25) is 0 Å². The van der Waals surface area contributed by atoms with Crippen LogP contribution in [0.4, 0.5) is 11.6 Å². The fourth-order valence-corrected chi connectivity index (χ4v) is 5.10. The third-order valence-corrected chi connectivity index (χ3v) is 6.98. The van der Waals surface area contributed by atoms with Crippen LogP contribution in [0.2, 0.25) is 0 Å². The molecule has 15 nitrogen and oxygen atoms in total. The molecule has 0 unspecified atom stereocenters. The van der Waals surface area contributed by atoms with Crippen molar-refractivity contribution < 1.29 is 25.5 Å². The van der Waals surface area contributed by atoms with Crippen LogP contribution in [0, 0.1) is 0 Å². The molecule has 0 fully saturated rings. The molecular formula is C24H26N6O9. The summed E-state index contributed by atoms with van der Waals surface area (Å²) >= 11 is 0. The van der Waals surface area contributed by atoms with Gasteiger partial charge in [0.25, 0.3) is 11.1 Å². The van der Waals surface area contributed by atoms with E-state index in [1.165, 1.54) is 4.90 Å². The summed E-state index contributed by atoms with van der Waals surface area (Å²) in [6.45, 7) is -0.899. The Kier molecular flexibility index (Phi) is 6.83. The highest BCUT2D eigenvalue weighted by atomic mass is 16.4. The van der Waals surface area contributed by atoms with Gasteiger partial charge in [0.05, 0.1) is 29.8 Å². The van der Waals surface area contributed by atoms with Gasteiger partial charge in [-0.25, -0.2) is 9.59 Å². The van der Waals surface area contributed by atoms with Crippen LogP contribution in [0.5, 0.6) is 0 Å². The normalized spacial score (nSPS) is 16.5. The summed E-state index contributed by atoms with van der Waals surface area (Å²) in [5.74, 6) is -1.97. The number of benzene rings is 1. The third-order valence-electron chi connectivity index (χ3n) is 6.98. The summed E-state index contributed by atoms with van der Waals surface area (Å²) in [5, 5.41) is 51.8. The molecule has 3 aromatic heterocycles. The second-order valence-electron chi connectivity index (χ2n) is 9.30.